The Balaban J connectivity index is 1.70. The molecule has 0 unspecified atom stereocenters. The average Bonchev–Trinajstić information content (AvgIpc) is 2.89. The van der Waals surface area contributed by atoms with E-state index >= 15 is 0 Å². The Morgan fingerprint density at radius 3 is 1.63 bits per heavy atom. The predicted octanol–water partition coefficient (Wildman–Crippen LogP) is 6.25. The van der Waals surface area contributed by atoms with Crippen LogP contribution in [0.2, 0.25) is 0 Å². The second-order valence-corrected chi connectivity index (χ2v) is 8.58. The molecule has 2 aromatic carbocycles. The summed E-state index contributed by atoms with van der Waals surface area (Å²) in [5.41, 5.74) is 2.25. The number of benzene rings is 2. The fourth-order valence-corrected chi connectivity index (χ4v) is 3.08. The van der Waals surface area contributed by atoms with Crippen LogP contribution in [0.3, 0.4) is 0 Å². The van der Waals surface area contributed by atoms with Gasteiger partial charge in [-0.3, -0.25) is 0 Å². The van der Waals surface area contributed by atoms with Gasteiger partial charge in [-0.25, -0.2) is 9.59 Å². The molecule has 3 aromatic rings. The highest BCUT2D eigenvalue weighted by Gasteiger charge is 2.17. The minimum Gasteiger partial charge on any atom is -0.494 e. The fourth-order valence-electron chi connectivity index (χ4n) is 3.08. The SMILES string of the molecule is C=C(C)C(=O)Oc1nc(OC(=O)C(=C)C)nc(Oc2ccc(-c3ccc(OCCCCCC)cc3)cc2)n1. The largest absolute Gasteiger partial charge is 0.494 e. The summed E-state index contributed by atoms with van der Waals surface area (Å²) < 4.78 is 21.6. The van der Waals surface area contributed by atoms with E-state index in [0.29, 0.717) is 12.4 Å². The number of hydrogen-bond donors (Lipinski definition) is 0. The molecule has 0 saturated heterocycles. The molecule has 0 saturated carbocycles. The average molecular weight is 518 g/mol. The lowest BCUT2D eigenvalue weighted by Crippen LogP contribution is -2.14. The predicted molar refractivity (Wildman–Crippen MR) is 142 cm³/mol. The number of ether oxygens (including phenoxy) is 4. The van der Waals surface area contributed by atoms with Crippen LogP contribution in [-0.4, -0.2) is 33.5 Å². The van der Waals surface area contributed by atoms with Gasteiger partial charge in [0.05, 0.1) is 6.61 Å². The summed E-state index contributed by atoms with van der Waals surface area (Å²) in [6, 6.07) is 14.1. The van der Waals surface area contributed by atoms with E-state index in [1.807, 2.05) is 36.4 Å². The molecule has 0 bridgehead atoms. The van der Waals surface area contributed by atoms with Gasteiger partial charge in [0.15, 0.2) is 0 Å². The van der Waals surface area contributed by atoms with Crippen molar-refractivity contribution in [1.29, 1.82) is 0 Å². The van der Waals surface area contributed by atoms with Gasteiger partial charge in [0, 0.05) is 11.1 Å². The molecule has 3 rings (SSSR count). The maximum absolute atomic E-state index is 11.9. The summed E-state index contributed by atoms with van der Waals surface area (Å²) in [4.78, 5) is 35.6. The molecule has 0 atom stereocenters. The zero-order chi connectivity index (χ0) is 27.5. The van der Waals surface area contributed by atoms with Crippen molar-refractivity contribution in [2.24, 2.45) is 0 Å². The number of rotatable bonds is 13. The third kappa shape index (κ3) is 8.55. The van der Waals surface area contributed by atoms with Gasteiger partial charge < -0.3 is 18.9 Å². The van der Waals surface area contributed by atoms with Crippen molar-refractivity contribution >= 4 is 11.9 Å². The summed E-state index contributed by atoms with van der Waals surface area (Å²) in [5, 5.41) is 0. The first-order valence-corrected chi connectivity index (χ1v) is 12.3. The van der Waals surface area contributed by atoms with Crippen LogP contribution < -0.4 is 18.9 Å². The van der Waals surface area contributed by atoms with Gasteiger partial charge in [-0.15, -0.1) is 15.0 Å². The Kier molecular flexibility index (Phi) is 10.1. The van der Waals surface area contributed by atoms with Crippen molar-refractivity contribution in [1.82, 2.24) is 15.0 Å². The molecule has 1 heterocycles. The lowest BCUT2D eigenvalue weighted by Gasteiger charge is -2.09. The summed E-state index contributed by atoms with van der Waals surface area (Å²) in [6.45, 7) is 12.9. The third-order valence-corrected chi connectivity index (χ3v) is 5.16. The Morgan fingerprint density at radius 2 is 1.16 bits per heavy atom. The number of aromatic nitrogens is 3. The van der Waals surface area contributed by atoms with E-state index in [-0.39, 0.29) is 17.2 Å². The van der Waals surface area contributed by atoms with Crippen molar-refractivity contribution in [2.45, 2.75) is 46.5 Å². The second-order valence-electron chi connectivity index (χ2n) is 8.58. The van der Waals surface area contributed by atoms with E-state index in [2.05, 4.69) is 35.0 Å². The van der Waals surface area contributed by atoms with E-state index in [0.717, 1.165) is 23.3 Å². The molecule has 0 radical (unpaired) electrons. The minimum atomic E-state index is -0.753. The molecule has 38 heavy (non-hydrogen) atoms. The molecule has 0 N–H and O–H groups in total. The lowest BCUT2D eigenvalue weighted by atomic mass is 10.1. The van der Waals surface area contributed by atoms with Gasteiger partial charge in [0.1, 0.15) is 11.5 Å². The topological polar surface area (TPSA) is 110 Å². The third-order valence-electron chi connectivity index (χ3n) is 5.16. The molecule has 1 aromatic heterocycles. The second kappa shape index (κ2) is 13.7. The first-order chi connectivity index (χ1) is 18.2. The number of carbonyl (C=O) groups excluding carboxylic acids is 2. The number of nitrogens with zero attached hydrogens (tertiary/aromatic N) is 3. The van der Waals surface area contributed by atoms with Crippen LogP contribution in [0.1, 0.15) is 46.5 Å². The molecular weight excluding hydrogens is 486 g/mol. The number of unbranched alkanes of at least 4 members (excludes halogenated alkanes) is 3. The summed E-state index contributed by atoms with van der Waals surface area (Å²) in [6.07, 6.45) is 4.65. The molecule has 0 fully saturated rings. The van der Waals surface area contributed by atoms with Gasteiger partial charge in [-0.05, 0) is 55.7 Å². The molecule has 0 spiro atoms. The quantitative estimate of drug-likeness (QED) is 0.147. The van der Waals surface area contributed by atoms with Crippen molar-refractivity contribution in [3.8, 4) is 40.7 Å². The summed E-state index contributed by atoms with van der Waals surface area (Å²) >= 11 is 0. The van der Waals surface area contributed by atoms with Crippen LogP contribution in [0.25, 0.3) is 11.1 Å². The zero-order valence-corrected chi connectivity index (χ0v) is 21.9. The Labute approximate surface area is 222 Å². The fraction of sp³-hybridized carbons (Fsp3) is 0.276. The first kappa shape index (κ1) is 28.0. The van der Waals surface area contributed by atoms with Crippen molar-refractivity contribution < 1.29 is 28.5 Å². The van der Waals surface area contributed by atoms with Gasteiger partial charge in [0.2, 0.25) is 0 Å². The smallest absolute Gasteiger partial charge is 0.340 e. The van der Waals surface area contributed by atoms with Crippen LogP contribution in [-0.2, 0) is 9.59 Å². The molecule has 0 aliphatic carbocycles. The molecule has 0 aliphatic heterocycles. The number of esters is 2. The monoisotopic (exact) mass is 517 g/mol. The molecule has 9 heteroatoms. The first-order valence-electron chi connectivity index (χ1n) is 12.3. The maximum Gasteiger partial charge on any atom is 0.340 e. The van der Waals surface area contributed by atoms with E-state index in [1.165, 1.54) is 33.1 Å². The molecule has 198 valence electrons. The minimum absolute atomic E-state index is 0.135. The van der Waals surface area contributed by atoms with E-state index in [4.69, 9.17) is 18.9 Å². The van der Waals surface area contributed by atoms with Crippen LogP contribution in [0.15, 0.2) is 72.8 Å². The Morgan fingerprint density at radius 1 is 0.684 bits per heavy atom. The van der Waals surface area contributed by atoms with Gasteiger partial charge in [0.25, 0.3) is 0 Å². The van der Waals surface area contributed by atoms with Gasteiger partial charge in [-0.1, -0.05) is 63.6 Å². The van der Waals surface area contributed by atoms with Crippen LogP contribution in [0, 0.1) is 0 Å². The zero-order valence-electron chi connectivity index (χ0n) is 21.9. The van der Waals surface area contributed by atoms with Crippen molar-refractivity contribution in [3.63, 3.8) is 0 Å². The number of carbonyl (C=O) groups is 2. The maximum atomic E-state index is 11.9. The van der Waals surface area contributed by atoms with Crippen LogP contribution in [0.4, 0.5) is 0 Å². The standard InChI is InChI=1S/C29H31N3O6/c1-6-7-8-9-18-35-23-14-10-21(11-15-23)22-12-16-24(17-13-22)36-27-30-28(37-25(33)19(2)3)32-29(31-27)38-26(34)20(4)5/h10-17H,2,4,6-9,18H2,1,3,5H3. The Hall–Kier alpha value is -4.53. The molecule has 9 nitrogen and oxygen atoms in total. The van der Waals surface area contributed by atoms with Crippen LogP contribution in [0.5, 0.6) is 29.5 Å². The normalized spacial score (nSPS) is 10.4. The van der Waals surface area contributed by atoms with E-state index < -0.39 is 24.0 Å². The Bertz CT molecular complexity index is 1240. The highest BCUT2D eigenvalue weighted by molar-refractivity contribution is 5.89. The van der Waals surface area contributed by atoms with Crippen molar-refractivity contribution in [3.05, 3.63) is 72.8 Å². The highest BCUT2D eigenvalue weighted by atomic mass is 16.6. The van der Waals surface area contributed by atoms with Crippen LogP contribution >= 0.6 is 0 Å². The van der Waals surface area contributed by atoms with E-state index in [1.54, 1.807) is 12.1 Å². The lowest BCUT2D eigenvalue weighted by molar-refractivity contribution is -0.130. The van der Waals surface area contributed by atoms with Gasteiger partial charge in [-0.2, -0.15) is 0 Å². The number of hydrogen-bond acceptors (Lipinski definition) is 9. The summed E-state index contributed by atoms with van der Waals surface area (Å²) in [5.74, 6) is -0.263. The highest BCUT2D eigenvalue weighted by Crippen LogP contribution is 2.27. The van der Waals surface area contributed by atoms with Gasteiger partial charge >= 0.3 is 30.0 Å². The molecular formula is C29H31N3O6. The van der Waals surface area contributed by atoms with Crippen molar-refractivity contribution in [2.75, 3.05) is 6.61 Å². The summed E-state index contributed by atoms with van der Waals surface area (Å²) in [7, 11) is 0. The molecule has 0 aliphatic rings. The van der Waals surface area contributed by atoms with E-state index in [9.17, 15) is 9.59 Å². The molecule has 0 amide bonds.